The molecule has 0 bridgehead atoms. The summed E-state index contributed by atoms with van der Waals surface area (Å²) in [6.45, 7) is 4.07. The summed E-state index contributed by atoms with van der Waals surface area (Å²) in [5, 5.41) is 54.1. The molecule has 7 atom stereocenters. The Balaban J connectivity index is 2.17. The van der Waals surface area contributed by atoms with Crippen LogP contribution in [-0.2, 0) is 23.8 Å². The molecular weight excluding hydrogens is 835 g/mol. The minimum absolute atomic E-state index is 0.0464. The van der Waals surface area contributed by atoms with Crippen LogP contribution in [0.3, 0.4) is 0 Å². The monoisotopic (exact) mass is 930 g/mol. The first-order chi connectivity index (χ1) is 32.2. The Bertz CT molecular complexity index is 1330. The van der Waals surface area contributed by atoms with Crippen LogP contribution in [-0.4, -0.2) is 100 Å². The number of allylic oxidation sites excluding steroid dienone is 11. The van der Waals surface area contributed by atoms with E-state index < -0.39 is 49.5 Å². The molecule has 380 valence electrons. The maximum absolute atomic E-state index is 13.0. The molecule has 11 heteroatoms. The first-order valence-corrected chi connectivity index (χ1v) is 26.2. The third-order valence-corrected chi connectivity index (χ3v) is 11.8. The van der Waals surface area contributed by atoms with Gasteiger partial charge in [0.2, 0.25) is 5.91 Å². The van der Waals surface area contributed by atoms with E-state index in [9.17, 15) is 35.1 Å². The largest absolute Gasteiger partial charge is 0.466 e. The van der Waals surface area contributed by atoms with Gasteiger partial charge >= 0.3 is 5.97 Å². The summed E-state index contributed by atoms with van der Waals surface area (Å²) >= 11 is 0. The standard InChI is InChI=1S/C55H95NO10/c1-3-5-7-9-11-13-22-27-31-35-39-43-51(60)64-44-40-36-32-28-24-21-19-17-15-16-18-20-23-26-30-34-38-42-50(59)56-47(46-65-55-54(63)53(62)52(61)49(45-57)66-55)48(58)41-37-33-29-25-14-12-10-8-6-4-2/h6,8-9,11,14-15,17,21,24-25,37,41,47-49,52-55,57-58,61-63H,3-5,7,10,12-13,16,18-20,22-23,26-36,38-40,42-46H2,1-2H3,(H,56,59)/b8-6+,11-9-,17-15-,24-21-,25-14+,41-37+. The second-order valence-corrected chi connectivity index (χ2v) is 17.8. The van der Waals surface area contributed by atoms with Crippen molar-refractivity contribution in [1.82, 2.24) is 5.32 Å². The fourth-order valence-corrected chi connectivity index (χ4v) is 7.54. The molecule has 11 nitrogen and oxygen atoms in total. The third-order valence-electron chi connectivity index (χ3n) is 11.8. The van der Waals surface area contributed by atoms with Crippen molar-refractivity contribution < 1.29 is 49.3 Å². The summed E-state index contributed by atoms with van der Waals surface area (Å²) in [5.41, 5.74) is 0. The Labute approximate surface area is 400 Å². The zero-order valence-electron chi connectivity index (χ0n) is 41.4. The van der Waals surface area contributed by atoms with E-state index in [1.54, 1.807) is 6.08 Å². The highest BCUT2D eigenvalue weighted by molar-refractivity contribution is 5.76. The number of esters is 1. The molecule has 0 saturated carbocycles. The number of aliphatic hydroxyl groups is 5. The van der Waals surface area contributed by atoms with Crippen LogP contribution >= 0.6 is 0 Å². The van der Waals surface area contributed by atoms with Gasteiger partial charge in [-0.05, 0) is 109 Å². The molecule has 1 aliphatic rings. The van der Waals surface area contributed by atoms with Crippen LogP contribution in [0.15, 0.2) is 72.9 Å². The molecule has 1 saturated heterocycles. The molecule has 0 aromatic heterocycles. The number of carbonyl (C=O) groups is 2. The highest BCUT2D eigenvalue weighted by Gasteiger charge is 2.44. The summed E-state index contributed by atoms with van der Waals surface area (Å²) in [4.78, 5) is 24.9. The summed E-state index contributed by atoms with van der Waals surface area (Å²) in [7, 11) is 0. The van der Waals surface area contributed by atoms with Crippen molar-refractivity contribution >= 4 is 11.9 Å². The molecule has 1 fully saturated rings. The van der Waals surface area contributed by atoms with Gasteiger partial charge < -0.3 is 45.1 Å². The quantitative estimate of drug-likeness (QED) is 0.0196. The second kappa shape index (κ2) is 44.6. The average Bonchev–Trinajstić information content (AvgIpc) is 3.31. The molecule has 0 aliphatic carbocycles. The molecule has 0 aromatic rings. The van der Waals surface area contributed by atoms with Gasteiger partial charge in [-0.1, -0.05) is 151 Å². The van der Waals surface area contributed by atoms with Crippen LogP contribution in [0.25, 0.3) is 0 Å². The first kappa shape index (κ1) is 61.1. The zero-order valence-corrected chi connectivity index (χ0v) is 41.4. The van der Waals surface area contributed by atoms with Crippen molar-refractivity contribution in [2.45, 2.75) is 243 Å². The van der Waals surface area contributed by atoms with E-state index in [2.05, 4.69) is 79.9 Å². The van der Waals surface area contributed by atoms with Crippen LogP contribution in [0.2, 0.25) is 0 Å². The van der Waals surface area contributed by atoms with Gasteiger partial charge in [0.25, 0.3) is 0 Å². The van der Waals surface area contributed by atoms with Crippen LogP contribution in [0.4, 0.5) is 0 Å². The lowest BCUT2D eigenvalue weighted by molar-refractivity contribution is -0.302. The van der Waals surface area contributed by atoms with Gasteiger partial charge in [0.15, 0.2) is 6.29 Å². The lowest BCUT2D eigenvalue weighted by atomic mass is 9.99. The number of hydrogen-bond acceptors (Lipinski definition) is 10. The number of carbonyl (C=O) groups excluding carboxylic acids is 2. The Hall–Kier alpha value is -2.90. The minimum Gasteiger partial charge on any atom is -0.466 e. The highest BCUT2D eigenvalue weighted by Crippen LogP contribution is 2.22. The summed E-state index contributed by atoms with van der Waals surface area (Å²) in [6.07, 6.45) is 47.1. The molecule has 1 amide bonds. The fourth-order valence-electron chi connectivity index (χ4n) is 7.54. The van der Waals surface area contributed by atoms with E-state index in [0.29, 0.717) is 25.9 Å². The summed E-state index contributed by atoms with van der Waals surface area (Å²) in [5.74, 6) is -0.264. The van der Waals surface area contributed by atoms with Crippen molar-refractivity contribution in [3.63, 3.8) is 0 Å². The average molecular weight is 930 g/mol. The van der Waals surface area contributed by atoms with Gasteiger partial charge in [0, 0.05) is 12.8 Å². The van der Waals surface area contributed by atoms with E-state index >= 15 is 0 Å². The minimum atomic E-state index is -1.59. The Morgan fingerprint density at radius 2 is 1.08 bits per heavy atom. The van der Waals surface area contributed by atoms with E-state index in [0.717, 1.165) is 103 Å². The SMILES string of the molecule is CC/C=C/CC/C=C/CC/C=C/C(O)C(COC1OC(CO)C(O)C(O)C1O)NC(=O)CCCCCCCCC/C=C\C/C=C\CCCCCOC(=O)CCCCCCC/C=C\CCCC. The van der Waals surface area contributed by atoms with Crippen molar-refractivity contribution in [1.29, 1.82) is 0 Å². The highest BCUT2D eigenvalue weighted by atomic mass is 16.7. The topological polar surface area (TPSA) is 175 Å². The van der Waals surface area contributed by atoms with E-state index in [-0.39, 0.29) is 18.5 Å². The Morgan fingerprint density at radius 3 is 1.67 bits per heavy atom. The molecule has 66 heavy (non-hydrogen) atoms. The first-order valence-electron chi connectivity index (χ1n) is 26.2. The number of amides is 1. The Morgan fingerprint density at radius 1 is 0.576 bits per heavy atom. The fraction of sp³-hybridized carbons (Fsp3) is 0.745. The molecule has 6 N–H and O–H groups in total. The maximum Gasteiger partial charge on any atom is 0.305 e. The molecule has 1 rings (SSSR count). The molecular formula is C55H95NO10. The molecule has 0 spiro atoms. The van der Waals surface area contributed by atoms with Crippen LogP contribution in [0.5, 0.6) is 0 Å². The van der Waals surface area contributed by atoms with E-state index in [4.69, 9.17) is 14.2 Å². The van der Waals surface area contributed by atoms with Gasteiger partial charge in [-0.3, -0.25) is 9.59 Å². The van der Waals surface area contributed by atoms with E-state index in [1.165, 1.54) is 64.2 Å². The van der Waals surface area contributed by atoms with E-state index in [1.807, 2.05) is 6.08 Å². The van der Waals surface area contributed by atoms with Gasteiger partial charge in [-0.2, -0.15) is 0 Å². The number of hydrogen-bond donors (Lipinski definition) is 6. The molecule has 7 unspecified atom stereocenters. The molecule has 1 aliphatic heterocycles. The number of ether oxygens (including phenoxy) is 3. The lowest BCUT2D eigenvalue weighted by Gasteiger charge is -2.40. The van der Waals surface area contributed by atoms with Gasteiger partial charge in [-0.15, -0.1) is 0 Å². The smallest absolute Gasteiger partial charge is 0.305 e. The number of rotatable bonds is 43. The van der Waals surface area contributed by atoms with Crippen LogP contribution in [0, 0.1) is 0 Å². The summed E-state index contributed by atoms with van der Waals surface area (Å²) in [6, 6.07) is -0.847. The zero-order chi connectivity index (χ0) is 48.1. The van der Waals surface area contributed by atoms with Crippen molar-refractivity contribution in [2.24, 2.45) is 0 Å². The maximum atomic E-state index is 13.0. The number of unbranched alkanes of at least 4 members (excludes halogenated alkanes) is 19. The molecule has 0 aromatic carbocycles. The van der Waals surface area contributed by atoms with Crippen LogP contribution < -0.4 is 5.32 Å². The number of nitrogens with one attached hydrogen (secondary N) is 1. The Kier molecular flexibility index (Phi) is 41.3. The lowest BCUT2D eigenvalue weighted by Crippen LogP contribution is -2.60. The van der Waals surface area contributed by atoms with Crippen molar-refractivity contribution in [3.05, 3.63) is 72.9 Å². The number of aliphatic hydroxyl groups excluding tert-OH is 5. The van der Waals surface area contributed by atoms with Gasteiger partial charge in [-0.25, -0.2) is 0 Å². The van der Waals surface area contributed by atoms with Crippen molar-refractivity contribution in [3.8, 4) is 0 Å². The molecule has 0 radical (unpaired) electrons. The predicted octanol–water partition coefficient (Wildman–Crippen LogP) is 10.9. The second-order valence-electron chi connectivity index (χ2n) is 17.8. The van der Waals surface area contributed by atoms with Crippen molar-refractivity contribution in [2.75, 3.05) is 19.8 Å². The molecule has 1 heterocycles. The normalized spacial score (nSPS) is 20.3. The third kappa shape index (κ3) is 34.4. The summed E-state index contributed by atoms with van der Waals surface area (Å²) < 4.78 is 16.6. The predicted molar refractivity (Wildman–Crippen MR) is 269 cm³/mol. The van der Waals surface area contributed by atoms with Gasteiger partial charge in [0.05, 0.1) is 32.0 Å². The van der Waals surface area contributed by atoms with Gasteiger partial charge in [0.1, 0.15) is 24.4 Å². The van der Waals surface area contributed by atoms with Crippen LogP contribution in [0.1, 0.15) is 200 Å².